The summed E-state index contributed by atoms with van der Waals surface area (Å²) in [5.74, 6) is -1.40. The van der Waals surface area contributed by atoms with Crippen LogP contribution in [-0.4, -0.2) is 38.7 Å². The van der Waals surface area contributed by atoms with Crippen LogP contribution in [0, 0.1) is 0 Å². The van der Waals surface area contributed by atoms with Crippen molar-refractivity contribution >= 4 is 34.4 Å². The minimum Gasteiger partial charge on any atom is -0.478 e. The molecule has 0 spiro atoms. The molecule has 2 amide bonds. The lowest BCUT2D eigenvalue weighted by atomic mass is 9.85. The van der Waals surface area contributed by atoms with Gasteiger partial charge in [-0.15, -0.1) is 0 Å². The molecule has 3 N–H and O–H groups in total. The number of carboxylic acids is 1. The van der Waals surface area contributed by atoms with Gasteiger partial charge >= 0.3 is 5.97 Å². The predicted molar refractivity (Wildman–Crippen MR) is 146 cm³/mol. The quantitative estimate of drug-likeness (QED) is 0.303. The zero-order valence-electron chi connectivity index (χ0n) is 21.2. The molecular formula is C30H30N4O4. The van der Waals surface area contributed by atoms with Gasteiger partial charge in [-0.25, -0.2) is 9.48 Å². The van der Waals surface area contributed by atoms with Crippen LogP contribution in [0.5, 0.6) is 0 Å². The second-order valence-electron chi connectivity index (χ2n) is 9.77. The van der Waals surface area contributed by atoms with Gasteiger partial charge in [0.25, 0.3) is 5.91 Å². The first-order valence-electron chi connectivity index (χ1n) is 12.9. The highest BCUT2D eigenvalue weighted by Crippen LogP contribution is 2.38. The molecule has 1 saturated carbocycles. The largest absolute Gasteiger partial charge is 0.478 e. The SMILES string of the molecule is C[C@H](NC(=O)c1ccc2c(C3CCCCC3)n(-c3ccccc3)nc2c1)C(=O)Nc1ccc(C(=O)O)cc1. The Hall–Kier alpha value is -4.46. The van der Waals surface area contributed by atoms with Gasteiger partial charge in [-0.3, -0.25) is 9.59 Å². The maximum absolute atomic E-state index is 13.0. The lowest BCUT2D eigenvalue weighted by Crippen LogP contribution is -2.41. The van der Waals surface area contributed by atoms with E-state index < -0.39 is 17.9 Å². The van der Waals surface area contributed by atoms with Crippen molar-refractivity contribution in [3.05, 3.63) is 89.6 Å². The molecule has 3 aromatic carbocycles. The topological polar surface area (TPSA) is 113 Å². The minimum absolute atomic E-state index is 0.126. The van der Waals surface area contributed by atoms with Crippen molar-refractivity contribution in [3.8, 4) is 5.69 Å². The number of carbonyl (C=O) groups excluding carboxylic acids is 2. The number of nitrogens with zero attached hydrogens (tertiary/aromatic N) is 2. The van der Waals surface area contributed by atoms with Crippen molar-refractivity contribution in [2.45, 2.75) is 51.0 Å². The van der Waals surface area contributed by atoms with E-state index in [1.54, 1.807) is 19.1 Å². The Balaban J connectivity index is 1.35. The Morgan fingerprint density at radius 3 is 2.29 bits per heavy atom. The molecule has 8 nitrogen and oxygen atoms in total. The van der Waals surface area contributed by atoms with Crippen molar-refractivity contribution < 1.29 is 19.5 Å². The minimum atomic E-state index is -1.04. The molecule has 1 atom stereocenters. The number of amides is 2. The molecule has 5 rings (SSSR count). The third-order valence-corrected chi connectivity index (χ3v) is 7.10. The van der Waals surface area contributed by atoms with Gasteiger partial charge in [0.15, 0.2) is 0 Å². The molecule has 1 fully saturated rings. The summed E-state index contributed by atoms with van der Waals surface area (Å²) in [6, 6.07) is 20.6. The number of carboxylic acid groups (broad SMARTS) is 1. The summed E-state index contributed by atoms with van der Waals surface area (Å²) in [4.78, 5) is 36.7. The normalized spacial score (nSPS) is 14.7. The Morgan fingerprint density at radius 2 is 1.61 bits per heavy atom. The molecule has 0 unspecified atom stereocenters. The second kappa shape index (κ2) is 10.9. The van der Waals surface area contributed by atoms with E-state index in [9.17, 15) is 14.4 Å². The fourth-order valence-electron chi connectivity index (χ4n) is 5.07. The van der Waals surface area contributed by atoms with E-state index in [0.29, 0.717) is 17.2 Å². The summed E-state index contributed by atoms with van der Waals surface area (Å²) >= 11 is 0. The molecule has 0 saturated heterocycles. The van der Waals surface area contributed by atoms with Crippen molar-refractivity contribution in [3.63, 3.8) is 0 Å². The van der Waals surface area contributed by atoms with Crippen LogP contribution in [-0.2, 0) is 4.79 Å². The summed E-state index contributed by atoms with van der Waals surface area (Å²) in [7, 11) is 0. The summed E-state index contributed by atoms with van der Waals surface area (Å²) < 4.78 is 2.02. The van der Waals surface area contributed by atoms with Gasteiger partial charge in [-0.2, -0.15) is 5.10 Å². The Morgan fingerprint density at radius 1 is 0.921 bits per heavy atom. The van der Waals surface area contributed by atoms with Gasteiger partial charge in [0.2, 0.25) is 5.91 Å². The fraction of sp³-hybridized carbons (Fsp3) is 0.267. The third kappa shape index (κ3) is 5.29. The van der Waals surface area contributed by atoms with Crippen LogP contribution in [0.25, 0.3) is 16.6 Å². The summed E-state index contributed by atoms with van der Waals surface area (Å²) in [6.45, 7) is 1.60. The van der Waals surface area contributed by atoms with Crippen LogP contribution in [0.1, 0.15) is 71.4 Å². The van der Waals surface area contributed by atoms with Crippen LogP contribution in [0.4, 0.5) is 5.69 Å². The number of fused-ring (bicyclic) bond motifs is 1. The molecule has 0 bridgehead atoms. The molecule has 8 heteroatoms. The van der Waals surface area contributed by atoms with E-state index in [-0.39, 0.29) is 11.5 Å². The first-order valence-corrected chi connectivity index (χ1v) is 12.9. The van der Waals surface area contributed by atoms with E-state index in [1.165, 1.54) is 49.2 Å². The first-order chi connectivity index (χ1) is 18.4. The van der Waals surface area contributed by atoms with Crippen molar-refractivity contribution in [1.29, 1.82) is 0 Å². The standard InChI is InChI=1S/C30H30N4O4/c1-19(28(35)32-23-15-12-21(13-16-23)30(37)38)31-29(36)22-14-17-25-26(18-22)33-34(24-10-6-3-7-11-24)27(25)20-8-4-2-5-9-20/h3,6-7,10-20H,2,4-5,8-9H2,1H3,(H,31,36)(H,32,35)(H,37,38)/t19-/m0/s1. The van der Waals surface area contributed by atoms with Crippen LogP contribution in [0.3, 0.4) is 0 Å². The molecule has 4 aromatic rings. The Bertz CT molecular complexity index is 1470. The van der Waals surface area contributed by atoms with E-state index >= 15 is 0 Å². The number of benzene rings is 3. The molecule has 1 aliphatic carbocycles. The molecule has 1 heterocycles. The average molecular weight is 511 g/mol. The number of rotatable bonds is 7. The van der Waals surface area contributed by atoms with Gasteiger partial charge in [0.1, 0.15) is 6.04 Å². The van der Waals surface area contributed by atoms with Crippen molar-refractivity contribution in [2.24, 2.45) is 0 Å². The number of para-hydroxylation sites is 1. The molecule has 0 aliphatic heterocycles. The molecular weight excluding hydrogens is 480 g/mol. The highest BCUT2D eigenvalue weighted by atomic mass is 16.4. The van der Waals surface area contributed by atoms with Crippen molar-refractivity contribution in [2.75, 3.05) is 5.32 Å². The zero-order chi connectivity index (χ0) is 26.6. The van der Waals surface area contributed by atoms with Crippen molar-refractivity contribution in [1.82, 2.24) is 15.1 Å². The van der Waals surface area contributed by atoms with Crippen LogP contribution >= 0.6 is 0 Å². The predicted octanol–water partition coefficient (Wildman–Crippen LogP) is 5.53. The maximum atomic E-state index is 13.0. The van der Waals surface area contributed by atoms with Gasteiger partial charge < -0.3 is 15.7 Å². The molecule has 0 radical (unpaired) electrons. The van der Waals surface area contributed by atoms with E-state index in [0.717, 1.165) is 29.4 Å². The summed E-state index contributed by atoms with van der Waals surface area (Å²) in [6.07, 6.45) is 5.92. The first kappa shape index (κ1) is 25.2. The van der Waals surface area contributed by atoms with E-state index in [1.807, 2.05) is 41.1 Å². The molecule has 1 aliphatic rings. The van der Waals surface area contributed by atoms with Gasteiger partial charge in [0.05, 0.1) is 22.5 Å². The van der Waals surface area contributed by atoms with E-state index in [2.05, 4.69) is 10.6 Å². The van der Waals surface area contributed by atoms with Crippen LogP contribution in [0.15, 0.2) is 72.8 Å². The highest BCUT2D eigenvalue weighted by molar-refractivity contribution is 6.03. The number of hydrogen-bond acceptors (Lipinski definition) is 4. The molecule has 194 valence electrons. The van der Waals surface area contributed by atoms with Gasteiger partial charge in [-0.1, -0.05) is 43.5 Å². The molecule has 1 aromatic heterocycles. The fourth-order valence-corrected chi connectivity index (χ4v) is 5.07. The zero-order valence-corrected chi connectivity index (χ0v) is 21.2. The Kier molecular flexibility index (Phi) is 7.22. The summed E-state index contributed by atoms with van der Waals surface area (Å²) in [5.41, 5.74) is 3.94. The average Bonchev–Trinajstić information content (AvgIpc) is 3.33. The number of anilines is 1. The Labute approximate surface area is 220 Å². The number of aromatic nitrogens is 2. The smallest absolute Gasteiger partial charge is 0.335 e. The lowest BCUT2D eigenvalue weighted by Gasteiger charge is -2.23. The lowest BCUT2D eigenvalue weighted by molar-refractivity contribution is -0.117. The number of nitrogens with one attached hydrogen (secondary N) is 2. The molecule has 38 heavy (non-hydrogen) atoms. The van der Waals surface area contributed by atoms with Crippen LogP contribution < -0.4 is 10.6 Å². The maximum Gasteiger partial charge on any atom is 0.335 e. The third-order valence-electron chi connectivity index (χ3n) is 7.10. The number of hydrogen-bond donors (Lipinski definition) is 3. The highest BCUT2D eigenvalue weighted by Gasteiger charge is 2.25. The van der Waals surface area contributed by atoms with Gasteiger partial charge in [-0.05, 0) is 68.3 Å². The number of carbonyl (C=O) groups is 3. The summed E-state index contributed by atoms with van der Waals surface area (Å²) in [5, 5.41) is 20.4. The number of aromatic carboxylic acids is 1. The monoisotopic (exact) mass is 510 g/mol. The second-order valence-corrected chi connectivity index (χ2v) is 9.77. The van der Waals surface area contributed by atoms with E-state index in [4.69, 9.17) is 10.2 Å². The van der Waals surface area contributed by atoms with Crippen LogP contribution in [0.2, 0.25) is 0 Å². The van der Waals surface area contributed by atoms with Gasteiger partial charge in [0, 0.05) is 22.6 Å².